The second-order valence-corrected chi connectivity index (χ2v) is 19.9. The van der Waals surface area contributed by atoms with Gasteiger partial charge in [0.15, 0.2) is 0 Å². The van der Waals surface area contributed by atoms with Crippen LogP contribution in [-0.4, -0.2) is 88.7 Å². The molecule has 1 unspecified atom stereocenters. The van der Waals surface area contributed by atoms with Gasteiger partial charge in [0, 0.05) is 18.1 Å². The van der Waals surface area contributed by atoms with Crippen molar-refractivity contribution in [1.29, 1.82) is 0 Å². The lowest BCUT2D eigenvalue weighted by Gasteiger charge is -2.30. The van der Waals surface area contributed by atoms with E-state index in [1.54, 1.807) is 23.1 Å². The molecule has 0 spiro atoms. The summed E-state index contributed by atoms with van der Waals surface area (Å²) >= 11 is 3.22. The summed E-state index contributed by atoms with van der Waals surface area (Å²) in [6.07, 6.45) is 10.3. The number of thioether (sulfide) groups is 1. The van der Waals surface area contributed by atoms with Crippen LogP contribution in [0.3, 0.4) is 0 Å². The summed E-state index contributed by atoms with van der Waals surface area (Å²) in [4.78, 5) is 67.3. The van der Waals surface area contributed by atoms with E-state index in [-0.39, 0.29) is 25.5 Å². The number of allylic oxidation sites excluding steroid dienone is 1. The van der Waals surface area contributed by atoms with Gasteiger partial charge in [-0.15, -0.1) is 23.1 Å². The van der Waals surface area contributed by atoms with E-state index in [0.717, 1.165) is 42.7 Å². The van der Waals surface area contributed by atoms with E-state index in [1.807, 2.05) is 53.9 Å². The van der Waals surface area contributed by atoms with Crippen molar-refractivity contribution < 1.29 is 37.1 Å². The van der Waals surface area contributed by atoms with Crippen molar-refractivity contribution in [3.8, 4) is 5.88 Å². The maximum absolute atomic E-state index is 14.7. The highest BCUT2D eigenvalue weighted by Crippen LogP contribution is 2.46. The first-order valence-corrected chi connectivity index (χ1v) is 23.4. The Morgan fingerprint density at radius 1 is 0.965 bits per heavy atom. The zero-order chi connectivity index (χ0) is 39.6. The summed E-state index contributed by atoms with van der Waals surface area (Å²) < 4.78 is 41.4. The number of benzene rings is 1. The van der Waals surface area contributed by atoms with E-state index in [2.05, 4.69) is 15.4 Å². The van der Waals surface area contributed by atoms with Crippen molar-refractivity contribution in [3.05, 3.63) is 59.6 Å². The quantitative estimate of drug-likeness (QED) is 0.176. The molecule has 3 aliphatic carbocycles. The molecule has 0 bridgehead atoms. The summed E-state index contributed by atoms with van der Waals surface area (Å²) in [6.45, 7) is -0.00261. The van der Waals surface area contributed by atoms with Gasteiger partial charge in [0.2, 0.25) is 27.7 Å². The van der Waals surface area contributed by atoms with Gasteiger partial charge in [-0.1, -0.05) is 43.2 Å². The average Bonchev–Trinajstić information content (AvgIpc) is 3.94. The van der Waals surface area contributed by atoms with Crippen molar-refractivity contribution in [3.63, 3.8) is 0 Å². The molecule has 304 valence electrons. The number of hydrogen-bond donors (Lipinski definition) is 3. The number of fused-ring (bicyclic) bond motifs is 3. The van der Waals surface area contributed by atoms with Gasteiger partial charge < -0.3 is 25.0 Å². The fourth-order valence-corrected chi connectivity index (χ4v) is 11.1. The highest BCUT2D eigenvalue weighted by Gasteiger charge is 2.62. The van der Waals surface area contributed by atoms with Crippen LogP contribution in [-0.2, 0) is 34.9 Å². The van der Waals surface area contributed by atoms with E-state index in [9.17, 15) is 27.6 Å². The Morgan fingerprint density at radius 3 is 2.49 bits per heavy atom. The van der Waals surface area contributed by atoms with Crippen LogP contribution in [0.5, 0.6) is 5.88 Å². The Morgan fingerprint density at radius 2 is 1.74 bits per heavy atom. The topological polar surface area (TPSA) is 186 Å². The van der Waals surface area contributed by atoms with Crippen molar-refractivity contribution in [2.75, 3.05) is 6.54 Å². The average molecular weight is 837 g/mol. The molecule has 3 saturated carbocycles. The number of rotatable bonds is 10. The molecule has 4 amide bonds. The molecular weight excluding hydrogens is 789 g/mol. The predicted molar refractivity (Wildman–Crippen MR) is 215 cm³/mol. The van der Waals surface area contributed by atoms with Crippen molar-refractivity contribution in [2.45, 2.75) is 129 Å². The van der Waals surface area contributed by atoms with E-state index >= 15 is 0 Å². The Kier molecular flexibility index (Phi) is 11.8. The fourth-order valence-electron chi connectivity index (χ4n) is 8.03. The van der Waals surface area contributed by atoms with Crippen LogP contribution in [0.1, 0.15) is 89.2 Å². The van der Waals surface area contributed by atoms with Crippen LogP contribution in [0.15, 0.2) is 58.1 Å². The lowest BCUT2D eigenvalue weighted by molar-refractivity contribution is -0.141. The number of alkyl carbamates (subject to hydrolysis) is 1. The molecule has 5 atom stereocenters. The molecular formula is C40H48N6O8S3. The molecule has 1 aromatic carbocycles. The van der Waals surface area contributed by atoms with Gasteiger partial charge in [-0.05, 0) is 87.8 Å². The predicted octanol–water partition coefficient (Wildman–Crippen LogP) is 5.37. The number of sulfonamides is 1. The van der Waals surface area contributed by atoms with Gasteiger partial charge in [-0.2, -0.15) is 0 Å². The summed E-state index contributed by atoms with van der Waals surface area (Å²) in [7, 11) is -3.89. The zero-order valence-electron chi connectivity index (χ0n) is 31.6. The first-order valence-electron chi connectivity index (χ1n) is 20.0. The van der Waals surface area contributed by atoms with Crippen molar-refractivity contribution in [1.82, 2.24) is 30.2 Å². The number of ether oxygens (including phenoxy) is 2. The number of nitrogens with zero attached hydrogens (tertiary/aromatic N) is 3. The highest BCUT2D eigenvalue weighted by atomic mass is 32.2. The Labute approximate surface area is 340 Å². The van der Waals surface area contributed by atoms with Crippen LogP contribution < -0.4 is 20.1 Å². The number of carbonyl (C=O) groups is 4. The molecule has 2 aromatic heterocycles. The molecule has 1 saturated heterocycles. The molecule has 0 radical (unpaired) electrons. The van der Waals surface area contributed by atoms with Gasteiger partial charge in [0.1, 0.15) is 35.5 Å². The zero-order valence-corrected chi connectivity index (χ0v) is 34.0. The standard InChI is InChI=1S/C40H48N6O8S3/c47-35-33-21-27(53-36-32(24-56-34-17-10-20-55-34)41-29-14-8-9-15-30(29)42-36)23-46(33)37(48)31(43-39(50)54-26-12-6-7-13-26)16-5-3-1-2-4-11-25-22-40(25,44-35)38(49)45-57(51,52)28-18-19-28/h4,8-11,14-15,17,20,25-28,31,33H,1-3,5-7,12-13,16,18-19,21-24H2,(H,43,50)(H,44,47)(H,45,49)/b11-4-/t25?,27-,31-,33+,40-/m1/s1. The largest absolute Gasteiger partial charge is 0.471 e. The van der Waals surface area contributed by atoms with Crippen LogP contribution in [0.4, 0.5) is 4.79 Å². The van der Waals surface area contributed by atoms with Gasteiger partial charge in [-0.3, -0.25) is 19.1 Å². The first-order chi connectivity index (χ1) is 27.6. The lowest BCUT2D eigenvalue weighted by atomic mass is 10.0. The van der Waals surface area contributed by atoms with Crippen LogP contribution >= 0.6 is 23.1 Å². The van der Waals surface area contributed by atoms with Gasteiger partial charge in [-0.25, -0.2) is 23.2 Å². The second-order valence-electron chi connectivity index (χ2n) is 15.7. The molecule has 5 aliphatic rings. The maximum Gasteiger partial charge on any atom is 0.408 e. The molecule has 57 heavy (non-hydrogen) atoms. The van der Waals surface area contributed by atoms with E-state index in [4.69, 9.17) is 19.4 Å². The molecule has 2 aliphatic heterocycles. The number of hydrogen-bond acceptors (Lipinski definition) is 12. The number of nitrogens with one attached hydrogen (secondary N) is 3. The number of para-hydroxylation sites is 2. The lowest BCUT2D eigenvalue weighted by Crippen LogP contribution is -2.58. The van der Waals surface area contributed by atoms with Crippen molar-refractivity contribution in [2.24, 2.45) is 5.92 Å². The number of thiophene rings is 1. The van der Waals surface area contributed by atoms with Crippen molar-refractivity contribution >= 4 is 68.0 Å². The summed E-state index contributed by atoms with van der Waals surface area (Å²) in [5.41, 5.74) is 0.453. The molecule has 4 heterocycles. The fraction of sp³-hybridized carbons (Fsp3) is 0.550. The summed E-state index contributed by atoms with van der Waals surface area (Å²) in [6, 6.07) is 9.42. The minimum atomic E-state index is -3.89. The Balaban J connectivity index is 1.09. The molecule has 14 nitrogen and oxygen atoms in total. The van der Waals surface area contributed by atoms with Gasteiger partial charge in [0.05, 0.1) is 27.0 Å². The van der Waals surface area contributed by atoms with Gasteiger partial charge >= 0.3 is 6.09 Å². The molecule has 3 aromatic rings. The third kappa shape index (κ3) is 9.25. The Bertz CT molecular complexity index is 2120. The number of amides is 4. The molecule has 17 heteroatoms. The molecule has 8 rings (SSSR count). The second kappa shape index (κ2) is 16.9. The van der Waals surface area contributed by atoms with E-state index in [1.165, 1.54) is 4.90 Å². The number of aromatic nitrogens is 2. The smallest absolute Gasteiger partial charge is 0.408 e. The van der Waals surface area contributed by atoms with E-state index in [0.29, 0.717) is 60.5 Å². The Hall–Kier alpha value is -4.22. The summed E-state index contributed by atoms with van der Waals surface area (Å²) in [5.74, 6) is -1.50. The van der Waals surface area contributed by atoms with Crippen LogP contribution in [0.25, 0.3) is 11.0 Å². The summed E-state index contributed by atoms with van der Waals surface area (Å²) in [5, 5.41) is 7.12. The third-order valence-corrected chi connectivity index (χ3v) is 15.4. The van der Waals surface area contributed by atoms with E-state index < -0.39 is 68.7 Å². The minimum Gasteiger partial charge on any atom is -0.471 e. The first kappa shape index (κ1) is 39.6. The maximum atomic E-state index is 14.7. The highest BCUT2D eigenvalue weighted by molar-refractivity contribution is 8.00. The monoisotopic (exact) mass is 836 g/mol. The number of carbonyl (C=O) groups excluding carboxylic acids is 4. The van der Waals surface area contributed by atoms with Crippen LogP contribution in [0.2, 0.25) is 0 Å². The molecule has 4 fully saturated rings. The van der Waals surface area contributed by atoms with Gasteiger partial charge in [0.25, 0.3) is 5.91 Å². The minimum absolute atomic E-state index is 0.00261. The van der Waals surface area contributed by atoms with Crippen LogP contribution in [0, 0.1) is 5.92 Å². The normalized spacial score (nSPS) is 27.7. The molecule has 3 N–H and O–H groups in total. The third-order valence-electron chi connectivity index (χ3n) is 11.4. The SMILES string of the molecule is O=C(N[C@@H]1CCCCC/C=C\C2C[C@@]2(C(=O)NS(=O)(=O)C2CC2)NC(=O)[C@@H]2C[C@@H](Oc3nc4ccccc4nc3CSc3cccs3)CN2C1=O)OC1CCCC1.